The smallest absolute Gasteiger partial charge is 0.323 e. The average Bonchev–Trinajstić information content (AvgIpc) is 3.02. The molecule has 1 aliphatic rings. The first-order valence-electron chi connectivity index (χ1n) is 8.11. The third kappa shape index (κ3) is 3.31. The molecule has 0 spiro atoms. The van der Waals surface area contributed by atoms with E-state index in [9.17, 15) is 4.79 Å². The Hall–Kier alpha value is -2.49. The highest BCUT2D eigenvalue weighted by Crippen LogP contribution is 2.28. The van der Waals surface area contributed by atoms with Gasteiger partial charge in [0.25, 0.3) is 0 Å². The van der Waals surface area contributed by atoms with Gasteiger partial charge in [-0.25, -0.2) is 4.79 Å². The molecule has 2 aromatic carbocycles. The Morgan fingerprint density at radius 2 is 1.61 bits per heavy atom. The second kappa shape index (κ2) is 6.73. The summed E-state index contributed by atoms with van der Waals surface area (Å²) in [6.07, 6.45) is 0.0705. The van der Waals surface area contributed by atoms with E-state index in [-0.39, 0.29) is 12.2 Å². The summed E-state index contributed by atoms with van der Waals surface area (Å²) in [5.41, 5.74) is 2.00. The summed E-state index contributed by atoms with van der Waals surface area (Å²) in [4.78, 5) is 16.9. The van der Waals surface area contributed by atoms with Gasteiger partial charge in [-0.05, 0) is 30.2 Å². The SMILES string of the molecule is CC(C)C1N(C(=O)Nc2ccccc2)CCN1c1ccccc1. The number of carbonyl (C=O) groups is 1. The molecule has 1 heterocycles. The van der Waals surface area contributed by atoms with Crippen LogP contribution >= 0.6 is 0 Å². The van der Waals surface area contributed by atoms with Crippen LogP contribution in [0.15, 0.2) is 60.7 Å². The van der Waals surface area contributed by atoms with Gasteiger partial charge in [0.05, 0.1) is 0 Å². The number of nitrogens with zero attached hydrogens (tertiary/aromatic N) is 2. The first-order valence-corrected chi connectivity index (χ1v) is 8.11. The maximum atomic E-state index is 12.7. The number of para-hydroxylation sites is 2. The van der Waals surface area contributed by atoms with Gasteiger partial charge in [-0.1, -0.05) is 50.2 Å². The maximum absolute atomic E-state index is 12.7. The summed E-state index contributed by atoms with van der Waals surface area (Å²) < 4.78 is 0. The molecule has 1 saturated heterocycles. The normalized spacial score (nSPS) is 17.6. The third-order valence-electron chi connectivity index (χ3n) is 4.19. The quantitative estimate of drug-likeness (QED) is 0.929. The molecule has 1 unspecified atom stereocenters. The van der Waals surface area contributed by atoms with Crippen LogP contribution < -0.4 is 10.2 Å². The van der Waals surface area contributed by atoms with E-state index in [1.165, 1.54) is 5.69 Å². The van der Waals surface area contributed by atoms with Crippen LogP contribution in [-0.4, -0.2) is 30.2 Å². The first kappa shape index (κ1) is 15.4. The lowest BCUT2D eigenvalue weighted by Gasteiger charge is -2.34. The van der Waals surface area contributed by atoms with Crippen LogP contribution in [0.2, 0.25) is 0 Å². The van der Waals surface area contributed by atoms with E-state index in [0.29, 0.717) is 5.92 Å². The minimum absolute atomic E-state index is 0.0340. The third-order valence-corrected chi connectivity index (χ3v) is 4.19. The molecule has 2 amide bonds. The van der Waals surface area contributed by atoms with Crippen molar-refractivity contribution in [2.24, 2.45) is 5.92 Å². The van der Waals surface area contributed by atoms with E-state index < -0.39 is 0 Å². The summed E-state index contributed by atoms with van der Waals surface area (Å²) >= 11 is 0. The second-order valence-electron chi connectivity index (χ2n) is 6.18. The van der Waals surface area contributed by atoms with Gasteiger partial charge in [0.2, 0.25) is 0 Å². The van der Waals surface area contributed by atoms with E-state index in [2.05, 4.69) is 36.2 Å². The van der Waals surface area contributed by atoms with Gasteiger partial charge in [0.1, 0.15) is 6.17 Å². The summed E-state index contributed by atoms with van der Waals surface area (Å²) in [7, 11) is 0. The van der Waals surface area contributed by atoms with Crippen molar-refractivity contribution in [2.45, 2.75) is 20.0 Å². The lowest BCUT2D eigenvalue weighted by Crippen LogP contribution is -2.47. The van der Waals surface area contributed by atoms with Gasteiger partial charge < -0.3 is 15.1 Å². The van der Waals surface area contributed by atoms with Crippen molar-refractivity contribution >= 4 is 17.4 Å². The molecule has 0 radical (unpaired) electrons. The monoisotopic (exact) mass is 309 g/mol. The fraction of sp³-hybridized carbons (Fsp3) is 0.316. The summed E-state index contributed by atoms with van der Waals surface area (Å²) in [6.45, 7) is 5.91. The van der Waals surface area contributed by atoms with Crippen LogP contribution in [0, 0.1) is 5.92 Å². The minimum Gasteiger partial charge on any atom is -0.349 e. The zero-order valence-electron chi connectivity index (χ0n) is 13.6. The number of nitrogens with one attached hydrogen (secondary N) is 1. The van der Waals surface area contributed by atoms with Gasteiger partial charge >= 0.3 is 6.03 Å². The molecule has 2 aromatic rings. The summed E-state index contributed by atoms with van der Waals surface area (Å²) in [6, 6.07) is 19.9. The number of anilines is 2. The molecule has 4 nitrogen and oxygen atoms in total. The molecule has 4 heteroatoms. The molecule has 1 atom stereocenters. The Balaban J connectivity index is 1.78. The average molecular weight is 309 g/mol. The van der Waals surface area contributed by atoms with Crippen LogP contribution in [-0.2, 0) is 0 Å². The second-order valence-corrected chi connectivity index (χ2v) is 6.18. The van der Waals surface area contributed by atoms with Gasteiger partial charge in [-0.2, -0.15) is 0 Å². The van der Waals surface area contributed by atoms with Crippen LogP contribution in [0.3, 0.4) is 0 Å². The Kier molecular flexibility index (Phi) is 4.51. The molecule has 0 bridgehead atoms. The molecule has 0 aliphatic carbocycles. The highest BCUT2D eigenvalue weighted by Gasteiger charge is 2.37. The minimum atomic E-state index is -0.0340. The van der Waals surface area contributed by atoms with E-state index in [1.54, 1.807) is 0 Å². The van der Waals surface area contributed by atoms with Crippen molar-refractivity contribution in [1.29, 1.82) is 0 Å². The molecule has 1 fully saturated rings. The molecular weight excluding hydrogens is 286 g/mol. The van der Waals surface area contributed by atoms with E-state index in [0.717, 1.165) is 18.8 Å². The zero-order chi connectivity index (χ0) is 16.2. The molecule has 3 rings (SSSR count). The topological polar surface area (TPSA) is 35.6 Å². The number of rotatable bonds is 3. The zero-order valence-corrected chi connectivity index (χ0v) is 13.6. The number of urea groups is 1. The molecule has 0 aromatic heterocycles. The van der Waals surface area contributed by atoms with Crippen LogP contribution in [0.1, 0.15) is 13.8 Å². The standard InChI is InChI=1S/C19H23N3O/c1-15(2)18-21(17-11-7-4-8-12-17)13-14-22(18)19(23)20-16-9-5-3-6-10-16/h3-12,15,18H,13-14H2,1-2H3,(H,20,23). The summed E-state index contributed by atoms with van der Waals surface area (Å²) in [5, 5.41) is 3.00. The Morgan fingerprint density at radius 1 is 1.00 bits per heavy atom. The predicted molar refractivity (Wildman–Crippen MR) is 94.6 cm³/mol. The number of hydrogen-bond donors (Lipinski definition) is 1. The van der Waals surface area contributed by atoms with Crippen LogP contribution in [0.4, 0.5) is 16.2 Å². The molecule has 1 aliphatic heterocycles. The van der Waals surface area contributed by atoms with E-state index in [4.69, 9.17) is 0 Å². The fourth-order valence-electron chi connectivity index (χ4n) is 3.21. The maximum Gasteiger partial charge on any atom is 0.323 e. The van der Waals surface area contributed by atoms with E-state index >= 15 is 0 Å². The van der Waals surface area contributed by atoms with Crippen molar-refractivity contribution in [3.8, 4) is 0 Å². The van der Waals surface area contributed by atoms with Crippen LogP contribution in [0.25, 0.3) is 0 Å². The first-order chi connectivity index (χ1) is 11.2. The molecular formula is C19H23N3O. The Morgan fingerprint density at radius 3 is 2.22 bits per heavy atom. The van der Waals surface area contributed by atoms with Crippen molar-refractivity contribution in [3.63, 3.8) is 0 Å². The van der Waals surface area contributed by atoms with Crippen molar-refractivity contribution < 1.29 is 4.79 Å². The van der Waals surface area contributed by atoms with Crippen LogP contribution in [0.5, 0.6) is 0 Å². The van der Waals surface area contributed by atoms with Gasteiger partial charge in [-0.3, -0.25) is 0 Å². The van der Waals surface area contributed by atoms with Crippen molar-refractivity contribution in [2.75, 3.05) is 23.3 Å². The van der Waals surface area contributed by atoms with Gasteiger partial charge in [0, 0.05) is 24.5 Å². The van der Waals surface area contributed by atoms with Gasteiger partial charge in [-0.15, -0.1) is 0 Å². The number of amides is 2. The highest BCUT2D eigenvalue weighted by molar-refractivity contribution is 5.90. The van der Waals surface area contributed by atoms with Gasteiger partial charge in [0.15, 0.2) is 0 Å². The Bertz CT molecular complexity index is 642. The predicted octanol–water partition coefficient (Wildman–Crippen LogP) is 4.02. The fourth-order valence-corrected chi connectivity index (χ4v) is 3.21. The molecule has 23 heavy (non-hydrogen) atoms. The lowest BCUT2D eigenvalue weighted by atomic mass is 10.1. The Labute approximate surface area is 137 Å². The number of carbonyl (C=O) groups excluding carboxylic acids is 1. The molecule has 0 saturated carbocycles. The van der Waals surface area contributed by atoms with E-state index in [1.807, 2.05) is 53.4 Å². The van der Waals surface area contributed by atoms with Crippen molar-refractivity contribution in [3.05, 3.63) is 60.7 Å². The lowest BCUT2D eigenvalue weighted by molar-refractivity contribution is 0.192. The summed E-state index contributed by atoms with van der Waals surface area (Å²) in [5.74, 6) is 0.347. The highest BCUT2D eigenvalue weighted by atomic mass is 16.2. The number of hydrogen-bond acceptors (Lipinski definition) is 2. The molecule has 120 valence electrons. The largest absolute Gasteiger partial charge is 0.349 e. The number of benzene rings is 2. The molecule has 1 N–H and O–H groups in total. The van der Waals surface area contributed by atoms with Crippen molar-refractivity contribution in [1.82, 2.24) is 4.90 Å².